The number of hydrogen-bond acceptors (Lipinski definition) is 2. The van der Waals surface area contributed by atoms with Gasteiger partial charge in [0.2, 0.25) is 0 Å². The van der Waals surface area contributed by atoms with Crippen molar-refractivity contribution >= 4 is 16.7 Å². The molecule has 2 aromatic rings. The van der Waals surface area contributed by atoms with Gasteiger partial charge in [0.1, 0.15) is 6.04 Å². The van der Waals surface area contributed by atoms with E-state index in [2.05, 4.69) is 5.32 Å². The molecule has 0 heterocycles. The monoisotopic (exact) mass is 243 g/mol. The third-order valence-electron chi connectivity index (χ3n) is 2.85. The lowest BCUT2D eigenvalue weighted by Crippen LogP contribution is -2.33. The first-order valence-corrected chi connectivity index (χ1v) is 6.05. The van der Waals surface area contributed by atoms with Gasteiger partial charge in [-0.05, 0) is 36.2 Å². The highest BCUT2D eigenvalue weighted by molar-refractivity contribution is 5.85. The van der Waals surface area contributed by atoms with Gasteiger partial charge in [-0.1, -0.05) is 36.4 Å². The van der Waals surface area contributed by atoms with E-state index < -0.39 is 12.0 Å². The van der Waals surface area contributed by atoms with Crippen molar-refractivity contribution in [3.05, 3.63) is 48.0 Å². The molecule has 3 heteroatoms. The van der Waals surface area contributed by atoms with Crippen LogP contribution >= 0.6 is 0 Å². The number of carbonyl (C=O) groups is 1. The van der Waals surface area contributed by atoms with E-state index in [0.717, 1.165) is 16.3 Å². The molecule has 2 aromatic carbocycles. The van der Waals surface area contributed by atoms with Crippen LogP contribution < -0.4 is 5.32 Å². The molecule has 0 saturated carbocycles. The maximum atomic E-state index is 11.3. The second kappa shape index (κ2) is 5.19. The molecule has 0 spiro atoms. The summed E-state index contributed by atoms with van der Waals surface area (Å²) in [5.41, 5.74) is 0.787. The van der Waals surface area contributed by atoms with Gasteiger partial charge in [0, 0.05) is 6.04 Å². The van der Waals surface area contributed by atoms with Crippen molar-refractivity contribution in [1.82, 2.24) is 5.32 Å². The highest BCUT2D eigenvalue weighted by Crippen LogP contribution is 2.21. The predicted molar refractivity (Wildman–Crippen MR) is 72.6 cm³/mol. The minimum absolute atomic E-state index is 0.123. The third-order valence-corrected chi connectivity index (χ3v) is 2.85. The van der Waals surface area contributed by atoms with Crippen molar-refractivity contribution in [1.29, 1.82) is 0 Å². The summed E-state index contributed by atoms with van der Waals surface area (Å²) in [5, 5.41) is 14.5. The molecule has 2 N–H and O–H groups in total. The van der Waals surface area contributed by atoms with Crippen LogP contribution in [0.25, 0.3) is 10.8 Å². The predicted octanol–water partition coefficient (Wildman–Crippen LogP) is 2.96. The molecule has 18 heavy (non-hydrogen) atoms. The van der Waals surface area contributed by atoms with Gasteiger partial charge in [-0.3, -0.25) is 10.1 Å². The Morgan fingerprint density at radius 2 is 1.78 bits per heavy atom. The van der Waals surface area contributed by atoms with Crippen LogP contribution in [-0.2, 0) is 4.79 Å². The van der Waals surface area contributed by atoms with Crippen LogP contribution in [0.2, 0.25) is 0 Å². The summed E-state index contributed by atoms with van der Waals surface area (Å²) >= 11 is 0. The van der Waals surface area contributed by atoms with Gasteiger partial charge >= 0.3 is 5.97 Å². The zero-order chi connectivity index (χ0) is 13.1. The average molecular weight is 243 g/mol. The Kier molecular flexibility index (Phi) is 3.63. The smallest absolute Gasteiger partial charge is 0.325 e. The minimum atomic E-state index is -0.848. The Hall–Kier alpha value is -1.87. The Balaban J connectivity index is 2.41. The van der Waals surface area contributed by atoms with Crippen LogP contribution in [0.15, 0.2) is 42.5 Å². The number of carboxylic acids is 1. The second-order valence-corrected chi connectivity index (χ2v) is 4.70. The van der Waals surface area contributed by atoms with E-state index in [1.165, 1.54) is 0 Å². The van der Waals surface area contributed by atoms with Crippen molar-refractivity contribution in [2.45, 2.75) is 25.9 Å². The molecule has 1 atom stereocenters. The number of hydrogen-bond donors (Lipinski definition) is 2. The van der Waals surface area contributed by atoms with E-state index in [-0.39, 0.29) is 6.04 Å². The SMILES string of the molecule is CC(C)NC(C(=O)O)c1ccc2ccccc2c1. The average Bonchev–Trinajstić information content (AvgIpc) is 2.35. The molecule has 0 radical (unpaired) electrons. The van der Waals surface area contributed by atoms with Gasteiger partial charge in [0.15, 0.2) is 0 Å². The quantitative estimate of drug-likeness (QED) is 0.868. The number of rotatable bonds is 4. The molecule has 0 amide bonds. The summed E-state index contributed by atoms with van der Waals surface area (Å²) < 4.78 is 0. The summed E-state index contributed by atoms with van der Waals surface area (Å²) in [5.74, 6) is -0.848. The minimum Gasteiger partial charge on any atom is -0.480 e. The normalized spacial score (nSPS) is 12.8. The topological polar surface area (TPSA) is 49.3 Å². The number of nitrogens with one attached hydrogen (secondary N) is 1. The summed E-state index contributed by atoms with van der Waals surface area (Å²) in [7, 11) is 0. The standard InChI is InChI=1S/C15H17NO2/c1-10(2)16-14(15(17)18)13-8-7-11-5-3-4-6-12(11)9-13/h3-10,14,16H,1-2H3,(H,17,18). The Morgan fingerprint density at radius 1 is 1.11 bits per heavy atom. The Bertz CT molecular complexity index is 563. The van der Waals surface area contributed by atoms with Crippen LogP contribution in [0.5, 0.6) is 0 Å². The highest BCUT2D eigenvalue weighted by Gasteiger charge is 2.20. The first-order valence-electron chi connectivity index (χ1n) is 6.05. The van der Waals surface area contributed by atoms with E-state index in [4.69, 9.17) is 0 Å². The van der Waals surface area contributed by atoms with Crippen LogP contribution in [0.1, 0.15) is 25.5 Å². The van der Waals surface area contributed by atoms with Crippen LogP contribution in [0, 0.1) is 0 Å². The number of aliphatic carboxylic acids is 1. The van der Waals surface area contributed by atoms with Crippen LogP contribution in [0.3, 0.4) is 0 Å². The van der Waals surface area contributed by atoms with Crippen molar-refractivity contribution in [3.8, 4) is 0 Å². The molecular formula is C15H17NO2. The summed E-state index contributed by atoms with van der Waals surface area (Å²) in [6.45, 7) is 3.88. The van der Waals surface area contributed by atoms with Gasteiger partial charge in [-0.15, -0.1) is 0 Å². The Morgan fingerprint density at radius 3 is 2.39 bits per heavy atom. The Labute approximate surface area is 106 Å². The zero-order valence-electron chi connectivity index (χ0n) is 10.6. The summed E-state index contributed by atoms with van der Waals surface area (Å²) in [6, 6.07) is 13.2. The molecule has 0 aliphatic heterocycles. The number of fused-ring (bicyclic) bond motifs is 1. The van der Waals surface area contributed by atoms with Crippen LogP contribution in [0.4, 0.5) is 0 Å². The molecule has 0 fully saturated rings. The van der Waals surface area contributed by atoms with Gasteiger partial charge in [0.05, 0.1) is 0 Å². The third kappa shape index (κ3) is 2.68. The van der Waals surface area contributed by atoms with E-state index >= 15 is 0 Å². The van der Waals surface area contributed by atoms with Gasteiger partial charge in [0.25, 0.3) is 0 Å². The first-order chi connectivity index (χ1) is 8.58. The van der Waals surface area contributed by atoms with E-state index in [9.17, 15) is 9.90 Å². The maximum absolute atomic E-state index is 11.3. The number of benzene rings is 2. The lowest BCUT2D eigenvalue weighted by molar-refractivity contribution is -0.139. The molecule has 0 aliphatic rings. The van der Waals surface area contributed by atoms with Crippen molar-refractivity contribution < 1.29 is 9.90 Å². The molecule has 1 unspecified atom stereocenters. The summed E-state index contributed by atoms with van der Waals surface area (Å²) in [6.07, 6.45) is 0. The van der Waals surface area contributed by atoms with Crippen molar-refractivity contribution in [3.63, 3.8) is 0 Å². The molecule has 0 bridgehead atoms. The zero-order valence-corrected chi connectivity index (χ0v) is 10.6. The molecule has 0 aliphatic carbocycles. The van der Waals surface area contributed by atoms with Crippen molar-refractivity contribution in [2.75, 3.05) is 0 Å². The number of carboxylic acid groups (broad SMARTS) is 1. The molecular weight excluding hydrogens is 226 g/mol. The molecule has 94 valence electrons. The molecule has 0 aromatic heterocycles. The molecule has 3 nitrogen and oxygen atoms in total. The molecule has 2 rings (SSSR count). The lowest BCUT2D eigenvalue weighted by Gasteiger charge is -2.18. The van der Waals surface area contributed by atoms with Crippen LogP contribution in [-0.4, -0.2) is 17.1 Å². The van der Waals surface area contributed by atoms with E-state index in [1.807, 2.05) is 56.3 Å². The van der Waals surface area contributed by atoms with Crippen molar-refractivity contribution in [2.24, 2.45) is 0 Å². The van der Waals surface area contributed by atoms with Gasteiger partial charge < -0.3 is 5.11 Å². The fraction of sp³-hybridized carbons (Fsp3) is 0.267. The summed E-state index contributed by atoms with van der Waals surface area (Å²) in [4.78, 5) is 11.3. The van der Waals surface area contributed by atoms with Gasteiger partial charge in [-0.25, -0.2) is 0 Å². The first kappa shape index (κ1) is 12.6. The van der Waals surface area contributed by atoms with E-state index in [1.54, 1.807) is 0 Å². The maximum Gasteiger partial charge on any atom is 0.325 e. The van der Waals surface area contributed by atoms with Gasteiger partial charge in [-0.2, -0.15) is 0 Å². The van der Waals surface area contributed by atoms with E-state index in [0.29, 0.717) is 0 Å². The largest absolute Gasteiger partial charge is 0.480 e. The lowest BCUT2D eigenvalue weighted by atomic mass is 10.0. The fourth-order valence-electron chi connectivity index (χ4n) is 2.03. The fourth-order valence-corrected chi connectivity index (χ4v) is 2.03. The second-order valence-electron chi connectivity index (χ2n) is 4.70. The highest BCUT2D eigenvalue weighted by atomic mass is 16.4. The molecule has 0 saturated heterocycles.